The monoisotopic (exact) mass is 316 g/mol. The van der Waals surface area contributed by atoms with Crippen LogP contribution in [0.3, 0.4) is 0 Å². The Labute approximate surface area is 127 Å². The van der Waals surface area contributed by atoms with E-state index in [1.807, 2.05) is 0 Å². The first-order chi connectivity index (χ1) is 10.4. The molecule has 1 amide bonds. The zero-order chi connectivity index (χ0) is 16.2. The molecule has 0 spiro atoms. The summed E-state index contributed by atoms with van der Waals surface area (Å²) in [5, 5.41) is 3.18. The quantitative estimate of drug-likeness (QED) is 0.924. The maximum atomic E-state index is 12.7. The smallest absolute Gasteiger partial charge is 0.378 e. The van der Waals surface area contributed by atoms with Gasteiger partial charge in [-0.1, -0.05) is 12.1 Å². The van der Waals surface area contributed by atoms with E-state index >= 15 is 0 Å². The fourth-order valence-corrected chi connectivity index (χ4v) is 2.33. The number of morpholine rings is 1. The first-order valence-corrected chi connectivity index (χ1v) is 7.07. The lowest BCUT2D eigenvalue weighted by Gasteiger charge is -2.26. The SMILES string of the molecule is CN(Cc1cccc(C(F)(F)F)c1)C(=O)CC1COCCN1. The molecule has 22 heavy (non-hydrogen) atoms. The van der Waals surface area contributed by atoms with Crippen LogP contribution in [-0.4, -0.2) is 43.7 Å². The van der Waals surface area contributed by atoms with Crippen molar-refractivity contribution in [2.75, 3.05) is 26.8 Å². The zero-order valence-corrected chi connectivity index (χ0v) is 12.3. The Morgan fingerprint density at radius 3 is 2.86 bits per heavy atom. The van der Waals surface area contributed by atoms with Gasteiger partial charge in [0.2, 0.25) is 5.91 Å². The molecule has 7 heteroatoms. The average molecular weight is 316 g/mol. The van der Waals surface area contributed by atoms with Crippen LogP contribution in [0.25, 0.3) is 0 Å². The highest BCUT2D eigenvalue weighted by molar-refractivity contribution is 5.76. The fourth-order valence-electron chi connectivity index (χ4n) is 2.33. The van der Waals surface area contributed by atoms with E-state index in [1.165, 1.54) is 11.0 Å². The normalized spacial score (nSPS) is 19.0. The molecule has 0 aliphatic carbocycles. The van der Waals surface area contributed by atoms with Gasteiger partial charge in [0.05, 0.1) is 18.8 Å². The van der Waals surface area contributed by atoms with Crippen molar-refractivity contribution in [2.45, 2.75) is 25.2 Å². The van der Waals surface area contributed by atoms with Crippen LogP contribution in [-0.2, 0) is 22.3 Å². The number of amides is 1. The molecule has 1 aliphatic rings. The summed E-state index contributed by atoms with van der Waals surface area (Å²) in [6.45, 7) is 1.96. The molecule has 4 nitrogen and oxygen atoms in total. The van der Waals surface area contributed by atoms with Crippen LogP contribution in [0, 0.1) is 0 Å². The fraction of sp³-hybridized carbons (Fsp3) is 0.533. The molecule has 1 saturated heterocycles. The van der Waals surface area contributed by atoms with Crippen molar-refractivity contribution in [1.82, 2.24) is 10.2 Å². The van der Waals surface area contributed by atoms with Crippen LogP contribution >= 0.6 is 0 Å². The predicted molar refractivity (Wildman–Crippen MR) is 75.1 cm³/mol. The number of carbonyl (C=O) groups excluding carboxylic acids is 1. The van der Waals surface area contributed by atoms with Crippen molar-refractivity contribution in [3.8, 4) is 0 Å². The van der Waals surface area contributed by atoms with Crippen molar-refractivity contribution in [2.24, 2.45) is 0 Å². The number of rotatable bonds is 4. The number of hydrogen-bond acceptors (Lipinski definition) is 3. The van der Waals surface area contributed by atoms with E-state index < -0.39 is 11.7 Å². The molecule has 1 aromatic carbocycles. The molecule has 2 rings (SSSR count). The van der Waals surface area contributed by atoms with E-state index in [4.69, 9.17) is 4.74 Å². The first-order valence-electron chi connectivity index (χ1n) is 7.07. The predicted octanol–water partition coefficient (Wildman–Crippen LogP) is 2.04. The number of nitrogens with one attached hydrogen (secondary N) is 1. The van der Waals surface area contributed by atoms with Gasteiger partial charge in [0, 0.05) is 32.6 Å². The van der Waals surface area contributed by atoms with Gasteiger partial charge in [0.15, 0.2) is 0 Å². The van der Waals surface area contributed by atoms with E-state index in [9.17, 15) is 18.0 Å². The maximum Gasteiger partial charge on any atom is 0.416 e. The molecule has 0 bridgehead atoms. The number of hydrogen-bond donors (Lipinski definition) is 1. The van der Waals surface area contributed by atoms with Crippen molar-refractivity contribution in [3.63, 3.8) is 0 Å². The molecule has 0 saturated carbocycles. The summed E-state index contributed by atoms with van der Waals surface area (Å²) in [5.41, 5.74) is -0.244. The van der Waals surface area contributed by atoms with Crippen molar-refractivity contribution in [3.05, 3.63) is 35.4 Å². The molecule has 1 heterocycles. The maximum absolute atomic E-state index is 12.7. The van der Waals surface area contributed by atoms with Crippen molar-refractivity contribution >= 4 is 5.91 Å². The van der Waals surface area contributed by atoms with Crippen molar-refractivity contribution in [1.29, 1.82) is 0 Å². The Balaban J connectivity index is 1.93. The van der Waals surface area contributed by atoms with E-state index in [0.717, 1.165) is 12.1 Å². The Hall–Kier alpha value is -1.60. The lowest BCUT2D eigenvalue weighted by molar-refractivity contribution is -0.137. The van der Waals surface area contributed by atoms with Gasteiger partial charge in [-0.3, -0.25) is 4.79 Å². The van der Waals surface area contributed by atoms with Gasteiger partial charge >= 0.3 is 6.18 Å². The van der Waals surface area contributed by atoms with Gasteiger partial charge in [-0.25, -0.2) is 0 Å². The minimum Gasteiger partial charge on any atom is -0.378 e. The van der Waals surface area contributed by atoms with E-state index in [-0.39, 0.29) is 24.9 Å². The van der Waals surface area contributed by atoms with Crippen LogP contribution in [0.1, 0.15) is 17.5 Å². The number of alkyl halides is 3. The van der Waals surface area contributed by atoms with Gasteiger partial charge in [0.25, 0.3) is 0 Å². The lowest BCUT2D eigenvalue weighted by atomic mass is 10.1. The van der Waals surface area contributed by atoms with Gasteiger partial charge in [-0.15, -0.1) is 0 Å². The number of nitrogens with zero attached hydrogens (tertiary/aromatic N) is 1. The highest BCUT2D eigenvalue weighted by Gasteiger charge is 2.30. The standard InChI is InChI=1S/C15H19F3N2O2/c1-20(14(21)8-13-10-22-6-5-19-13)9-11-3-2-4-12(7-11)15(16,17)18/h2-4,7,13,19H,5-6,8-10H2,1H3. The molecule has 1 fully saturated rings. The molecule has 122 valence electrons. The number of ether oxygens (including phenoxy) is 1. The zero-order valence-electron chi connectivity index (χ0n) is 12.3. The van der Waals surface area contributed by atoms with Gasteiger partial charge < -0.3 is 15.0 Å². The molecule has 1 N–H and O–H groups in total. The van der Waals surface area contributed by atoms with Crippen molar-refractivity contribution < 1.29 is 22.7 Å². The Morgan fingerprint density at radius 1 is 1.45 bits per heavy atom. The van der Waals surface area contributed by atoms with Gasteiger partial charge in [0.1, 0.15) is 0 Å². The Bertz CT molecular complexity index is 514. The topological polar surface area (TPSA) is 41.6 Å². The minimum absolute atomic E-state index is 0.0368. The van der Waals surface area contributed by atoms with Crippen LogP contribution in [0.15, 0.2) is 24.3 Å². The second-order valence-electron chi connectivity index (χ2n) is 5.38. The second kappa shape index (κ2) is 7.11. The largest absolute Gasteiger partial charge is 0.416 e. The second-order valence-corrected chi connectivity index (χ2v) is 5.38. The average Bonchev–Trinajstić information content (AvgIpc) is 2.47. The van der Waals surface area contributed by atoms with E-state index in [1.54, 1.807) is 13.1 Å². The molecule has 0 radical (unpaired) electrons. The summed E-state index contributed by atoms with van der Waals surface area (Å²) in [5.74, 6) is -0.125. The van der Waals surface area contributed by atoms with Crippen LogP contribution in [0.2, 0.25) is 0 Å². The molecular weight excluding hydrogens is 297 g/mol. The van der Waals surface area contributed by atoms with Crippen LogP contribution in [0.4, 0.5) is 13.2 Å². The summed E-state index contributed by atoms with van der Waals surface area (Å²) in [6.07, 6.45) is -4.10. The molecule has 0 aromatic heterocycles. The molecule has 1 atom stereocenters. The first kappa shape index (κ1) is 16.8. The summed E-state index contributed by atoms with van der Waals surface area (Å²) >= 11 is 0. The van der Waals surface area contributed by atoms with E-state index in [0.29, 0.717) is 25.3 Å². The number of benzene rings is 1. The van der Waals surface area contributed by atoms with E-state index in [2.05, 4.69) is 5.32 Å². The van der Waals surface area contributed by atoms with Crippen LogP contribution < -0.4 is 5.32 Å². The Kier molecular flexibility index (Phi) is 5.42. The number of halogens is 3. The summed E-state index contributed by atoms with van der Waals surface area (Å²) in [7, 11) is 1.59. The summed E-state index contributed by atoms with van der Waals surface area (Å²) in [6, 6.07) is 5.00. The minimum atomic E-state index is -4.37. The molecule has 1 aromatic rings. The molecule has 1 unspecified atom stereocenters. The third-order valence-corrected chi connectivity index (χ3v) is 3.52. The Morgan fingerprint density at radius 2 is 2.23 bits per heavy atom. The molecule has 1 aliphatic heterocycles. The van der Waals surface area contributed by atoms with Crippen LogP contribution in [0.5, 0.6) is 0 Å². The third kappa shape index (κ3) is 4.71. The molecular formula is C15H19F3N2O2. The third-order valence-electron chi connectivity index (χ3n) is 3.52. The summed E-state index contributed by atoms with van der Waals surface area (Å²) in [4.78, 5) is 13.5. The van der Waals surface area contributed by atoms with Gasteiger partial charge in [-0.05, 0) is 17.7 Å². The summed E-state index contributed by atoms with van der Waals surface area (Å²) < 4.78 is 43.3. The highest BCUT2D eigenvalue weighted by Crippen LogP contribution is 2.29. The number of carbonyl (C=O) groups is 1. The highest BCUT2D eigenvalue weighted by atomic mass is 19.4. The lowest BCUT2D eigenvalue weighted by Crippen LogP contribution is -2.44. The van der Waals surface area contributed by atoms with Gasteiger partial charge in [-0.2, -0.15) is 13.2 Å².